The first-order valence-corrected chi connectivity index (χ1v) is 6.85. The van der Waals surface area contributed by atoms with Gasteiger partial charge in [0, 0.05) is 20.1 Å². The number of likely N-dealkylation sites (N-methyl/N-ethyl adjacent to an activating group) is 1. The molecule has 110 valence electrons. The zero-order chi connectivity index (χ0) is 15.2. The van der Waals surface area contributed by atoms with E-state index in [4.69, 9.17) is 5.73 Å². The first-order valence-electron chi connectivity index (χ1n) is 6.85. The molecule has 0 aliphatic rings. The number of amides is 1. The third kappa shape index (κ3) is 4.39. The van der Waals surface area contributed by atoms with E-state index in [-0.39, 0.29) is 18.1 Å². The maximum atomic E-state index is 13.1. The van der Waals surface area contributed by atoms with Gasteiger partial charge in [-0.25, -0.2) is 4.39 Å². The molecule has 0 atom stereocenters. The van der Waals surface area contributed by atoms with Gasteiger partial charge in [0.25, 0.3) is 0 Å². The lowest BCUT2D eigenvalue weighted by Crippen LogP contribution is -2.27. The van der Waals surface area contributed by atoms with Crippen LogP contribution in [-0.4, -0.2) is 17.9 Å². The molecule has 21 heavy (non-hydrogen) atoms. The van der Waals surface area contributed by atoms with Crippen molar-refractivity contribution in [3.63, 3.8) is 0 Å². The van der Waals surface area contributed by atoms with Crippen LogP contribution in [0.25, 0.3) is 0 Å². The number of carbonyl (C=O) groups is 1. The molecule has 4 heteroatoms. The van der Waals surface area contributed by atoms with Crippen molar-refractivity contribution in [3.05, 3.63) is 71.0 Å². The molecule has 0 aliphatic heterocycles. The Morgan fingerprint density at radius 1 is 1.10 bits per heavy atom. The van der Waals surface area contributed by atoms with Crippen molar-refractivity contribution in [2.45, 2.75) is 19.5 Å². The van der Waals surface area contributed by atoms with E-state index < -0.39 is 0 Å². The van der Waals surface area contributed by atoms with Crippen LogP contribution in [-0.2, 0) is 24.3 Å². The first kappa shape index (κ1) is 15.2. The molecule has 3 nitrogen and oxygen atoms in total. The third-order valence-electron chi connectivity index (χ3n) is 3.35. The Kier molecular flexibility index (Phi) is 5.06. The number of halogens is 1. The number of rotatable bonds is 5. The van der Waals surface area contributed by atoms with Crippen LogP contribution in [0.15, 0.2) is 48.5 Å². The van der Waals surface area contributed by atoms with E-state index in [0.717, 1.165) is 11.1 Å². The smallest absolute Gasteiger partial charge is 0.227 e. The standard InChI is InChI=1S/C17H19FN2O/c1-20(12-14-7-5-13(11-19)6-8-14)17(21)10-15-3-2-4-16(18)9-15/h2-9H,10-12,19H2,1H3. The predicted octanol–water partition coefficient (Wildman–Crippen LogP) is 2.49. The molecular formula is C17H19FN2O. The summed E-state index contributed by atoms with van der Waals surface area (Å²) in [5, 5.41) is 0. The van der Waals surface area contributed by atoms with E-state index in [2.05, 4.69) is 0 Å². The van der Waals surface area contributed by atoms with Gasteiger partial charge in [-0.05, 0) is 28.8 Å². The summed E-state index contributed by atoms with van der Waals surface area (Å²) < 4.78 is 13.1. The maximum absolute atomic E-state index is 13.1. The molecule has 1 amide bonds. The minimum Gasteiger partial charge on any atom is -0.341 e. The van der Waals surface area contributed by atoms with Crippen LogP contribution < -0.4 is 5.73 Å². The Bertz CT molecular complexity index is 610. The van der Waals surface area contributed by atoms with Gasteiger partial charge in [0.05, 0.1) is 6.42 Å². The molecule has 0 spiro atoms. The van der Waals surface area contributed by atoms with E-state index >= 15 is 0 Å². The Morgan fingerprint density at radius 3 is 2.38 bits per heavy atom. The maximum Gasteiger partial charge on any atom is 0.227 e. The van der Waals surface area contributed by atoms with Crippen molar-refractivity contribution < 1.29 is 9.18 Å². The van der Waals surface area contributed by atoms with Gasteiger partial charge < -0.3 is 10.6 Å². The minimum atomic E-state index is -0.319. The number of nitrogens with zero attached hydrogens (tertiary/aromatic N) is 1. The second-order valence-corrected chi connectivity index (χ2v) is 5.08. The van der Waals surface area contributed by atoms with E-state index in [0.29, 0.717) is 18.7 Å². The molecule has 0 bridgehead atoms. The molecule has 0 unspecified atom stereocenters. The minimum absolute atomic E-state index is 0.0384. The molecule has 0 fully saturated rings. The normalized spacial score (nSPS) is 10.4. The highest BCUT2D eigenvalue weighted by Crippen LogP contribution is 2.09. The molecule has 0 heterocycles. The summed E-state index contributed by atoms with van der Waals surface area (Å²) >= 11 is 0. The van der Waals surface area contributed by atoms with Gasteiger partial charge >= 0.3 is 0 Å². The van der Waals surface area contributed by atoms with Crippen molar-refractivity contribution in [2.24, 2.45) is 5.73 Å². The lowest BCUT2D eigenvalue weighted by atomic mass is 10.1. The fraction of sp³-hybridized carbons (Fsp3) is 0.235. The summed E-state index contributed by atoms with van der Waals surface area (Å²) in [6.45, 7) is 1.04. The van der Waals surface area contributed by atoms with Crippen LogP contribution in [0, 0.1) is 5.82 Å². The van der Waals surface area contributed by atoms with Crippen molar-refractivity contribution in [2.75, 3.05) is 7.05 Å². The van der Waals surface area contributed by atoms with Gasteiger partial charge in [0.15, 0.2) is 0 Å². The van der Waals surface area contributed by atoms with Crippen LogP contribution in [0.2, 0.25) is 0 Å². The molecule has 0 radical (unpaired) electrons. The second-order valence-electron chi connectivity index (χ2n) is 5.08. The highest BCUT2D eigenvalue weighted by molar-refractivity contribution is 5.78. The average molecular weight is 286 g/mol. The SMILES string of the molecule is CN(Cc1ccc(CN)cc1)C(=O)Cc1cccc(F)c1. The largest absolute Gasteiger partial charge is 0.341 e. The van der Waals surface area contributed by atoms with Gasteiger partial charge in [-0.2, -0.15) is 0 Å². The summed E-state index contributed by atoms with van der Waals surface area (Å²) in [4.78, 5) is 13.8. The fourth-order valence-corrected chi connectivity index (χ4v) is 2.10. The predicted molar refractivity (Wildman–Crippen MR) is 80.9 cm³/mol. The van der Waals surface area contributed by atoms with E-state index in [1.54, 1.807) is 24.1 Å². The lowest BCUT2D eigenvalue weighted by molar-refractivity contribution is -0.129. The van der Waals surface area contributed by atoms with Crippen molar-refractivity contribution in [1.29, 1.82) is 0 Å². The van der Waals surface area contributed by atoms with Gasteiger partial charge in [0.2, 0.25) is 5.91 Å². The van der Waals surface area contributed by atoms with Crippen LogP contribution in [0.1, 0.15) is 16.7 Å². The van der Waals surface area contributed by atoms with Crippen molar-refractivity contribution >= 4 is 5.91 Å². The molecule has 0 saturated carbocycles. The van der Waals surface area contributed by atoms with Crippen LogP contribution >= 0.6 is 0 Å². The molecule has 2 N–H and O–H groups in total. The highest BCUT2D eigenvalue weighted by Gasteiger charge is 2.10. The third-order valence-corrected chi connectivity index (χ3v) is 3.35. The van der Waals surface area contributed by atoms with Crippen molar-refractivity contribution in [1.82, 2.24) is 4.90 Å². The Labute approximate surface area is 124 Å². The first-order chi connectivity index (χ1) is 10.1. The van der Waals surface area contributed by atoms with Gasteiger partial charge in [-0.1, -0.05) is 36.4 Å². The molecular weight excluding hydrogens is 267 g/mol. The van der Waals surface area contributed by atoms with Gasteiger partial charge in [0.1, 0.15) is 5.82 Å². The zero-order valence-corrected chi connectivity index (χ0v) is 12.1. The number of carbonyl (C=O) groups excluding carboxylic acids is 1. The molecule has 2 aromatic carbocycles. The van der Waals surface area contributed by atoms with Crippen LogP contribution in [0.5, 0.6) is 0 Å². The molecule has 0 saturated heterocycles. The summed E-state index contributed by atoms with van der Waals surface area (Å²) in [5.74, 6) is -0.358. The van der Waals surface area contributed by atoms with Crippen LogP contribution in [0.4, 0.5) is 4.39 Å². The second kappa shape index (κ2) is 6.99. The molecule has 2 rings (SSSR count). The lowest BCUT2D eigenvalue weighted by Gasteiger charge is -2.17. The number of benzene rings is 2. The Balaban J connectivity index is 1.95. The van der Waals surface area contributed by atoms with E-state index in [1.165, 1.54) is 12.1 Å². The van der Waals surface area contributed by atoms with Crippen molar-refractivity contribution in [3.8, 4) is 0 Å². The van der Waals surface area contributed by atoms with E-state index in [1.807, 2.05) is 24.3 Å². The average Bonchev–Trinajstić information content (AvgIpc) is 2.48. The quantitative estimate of drug-likeness (QED) is 0.918. The molecule has 0 aliphatic carbocycles. The highest BCUT2D eigenvalue weighted by atomic mass is 19.1. The summed E-state index contributed by atoms with van der Waals surface area (Å²) in [6, 6.07) is 14.0. The van der Waals surface area contributed by atoms with Gasteiger partial charge in [-0.15, -0.1) is 0 Å². The van der Waals surface area contributed by atoms with Crippen LogP contribution in [0.3, 0.4) is 0 Å². The monoisotopic (exact) mass is 286 g/mol. The van der Waals surface area contributed by atoms with Gasteiger partial charge in [-0.3, -0.25) is 4.79 Å². The summed E-state index contributed by atoms with van der Waals surface area (Å²) in [7, 11) is 1.75. The topological polar surface area (TPSA) is 46.3 Å². The Morgan fingerprint density at radius 2 is 1.76 bits per heavy atom. The molecule has 0 aromatic heterocycles. The Hall–Kier alpha value is -2.20. The van der Waals surface area contributed by atoms with E-state index in [9.17, 15) is 9.18 Å². The molecule has 2 aromatic rings. The number of hydrogen-bond donors (Lipinski definition) is 1. The fourth-order valence-electron chi connectivity index (χ4n) is 2.10. The summed E-state index contributed by atoms with van der Waals surface area (Å²) in [5.41, 5.74) is 8.34. The summed E-state index contributed by atoms with van der Waals surface area (Å²) in [6.07, 6.45) is 0.204. The zero-order valence-electron chi connectivity index (χ0n) is 12.1. The number of nitrogens with two attached hydrogens (primary N) is 1. The number of hydrogen-bond acceptors (Lipinski definition) is 2.